The SMILES string of the molecule is Fc1ccc(Cl)c(CNC2CCc3ccccc3C2)c1. The Balaban J connectivity index is 1.64. The lowest BCUT2D eigenvalue weighted by atomic mass is 9.88. The molecule has 0 spiro atoms. The highest BCUT2D eigenvalue weighted by molar-refractivity contribution is 6.31. The number of benzene rings is 2. The smallest absolute Gasteiger partial charge is 0.123 e. The fraction of sp³-hybridized carbons (Fsp3) is 0.294. The summed E-state index contributed by atoms with van der Waals surface area (Å²) < 4.78 is 13.2. The molecule has 0 bridgehead atoms. The predicted octanol–water partition coefficient (Wildman–Crippen LogP) is 4.13. The average molecular weight is 290 g/mol. The second kappa shape index (κ2) is 5.94. The van der Waals surface area contributed by atoms with Crippen LogP contribution < -0.4 is 5.32 Å². The van der Waals surface area contributed by atoms with Crippen molar-refractivity contribution in [2.24, 2.45) is 0 Å². The predicted molar refractivity (Wildman–Crippen MR) is 80.5 cm³/mol. The highest BCUT2D eigenvalue weighted by Crippen LogP contribution is 2.22. The number of aryl methyl sites for hydroxylation is 1. The summed E-state index contributed by atoms with van der Waals surface area (Å²) in [6.07, 6.45) is 3.25. The molecule has 0 fully saturated rings. The normalized spacial score (nSPS) is 17.8. The fourth-order valence-corrected chi connectivity index (χ4v) is 2.99. The third-order valence-corrected chi connectivity index (χ3v) is 4.30. The Morgan fingerprint density at radius 2 is 1.95 bits per heavy atom. The molecule has 0 aliphatic heterocycles. The first-order chi connectivity index (χ1) is 9.72. The van der Waals surface area contributed by atoms with Gasteiger partial charge in [-0.2, -0.15) is 0 Å². The molecule has 1 aliphatic rings. The summed E-state index contributed by atoms with van der Waals surface area (Å²) in [6, 6.07) is 13.5. The molecule has 20 heavy (non-hydrogen) atoms. The zero-order valence-electron chi connectivity index (χ0n) is 11.2. The molecule has 2 aromatic carbocycles. The molecule has 1 atom stereocenters. The molecule has 3 rings (SSSR count). The minimum Gasteiger partial charge on any atom is -0.310 e. The van der Waals surface area contributed by atoms with Gasteiger partial charge in [-0.3, -0.25) is 0 Å². The highest BCUT2D eigenvalue weighted by atomic mass is 35.5. The van der Waals surface area contributed by atoms with Crippen LogP contribution >= 0.6 is 11.6 Å². The van der Waals surface area contributed by atoms with Crippen LogP contribution in [0.4, 0.5) is 4.39 Å². The van der Waals surface area contributed by atoms with E-state index in [0.717, 1.165) is 24.8 Å². The first-order valence-corrected chi connectivity index (χ1v) is 7.34. The van der Waals surface area contributed by atoms with Gasteiger partial charge in [0.2, 0.25) is 0 Å². The lowest BCUT2D eigenvalue weighted by Gasteiger charge is -2.25. The molecule has 2 aromatic rings. The Morgan fingerprint density at radius 3 is 2.80 bits per heavy atom. The van der Waals surface area contributed by atoms with E-state index in [1.807, 2.05) is 0 Å². The third kappa shape index (κ3) is 3.02. The molecule has 1 unspecified atom stereocenters. The van der Waals surface area contributed by atoms with Gasteiger partial charge in [-0.25, -0.2) is 4.39 Å². The zero-order chi connectivity index (χ0) is 13.9. The average Bonchev–Trinajstić information content (AvgIpc) is 2.48. The van der Waals surface area contributed by atoms with Gasteiger partial charge in [-0.15, -0.1) is 0 Å². The maximum atomic E-state index is 13.2. The van der Waals surface area contributed by atoms with E-state index in [0.29, 0.717) is 17.6 Å². The van der Waals surface area contributed by atoms with Crippen LogP contribution in [-0.2, 0) is 19.4 Å². The molecule has 1 N–H and O–H groups in total. The van der Waals surface area contributed by atoms with Crippen molar-refractivity contribution < 1.29 is 4.39 Å². The van der Waals surface area contributed by atoms with Gasteiger partial charge in [-0.1, -0.05) is 35.9 Å². The summed E-state index contributed by atoms with van der Waals surface area (Å²) in [5.41, 5.74) is 3.70. The number of rotatable bonds is 3. The van der Waals surface area contributed by atoms with Crippen LogP contribution in [0.3, 0.4) is 0 Å². The Kier molecular flexibility index (Phi) is 4.04. The molecule has 1 nitrogen and oxygen atoms in total. The van der Waals surface area contributed by atoms with Crippen molar-refractivity contribution in [1.82, 2.24) is 5.32 Å². The Bertz CT molecular complexity index is 612. The summed E-state index contributed by atoms with van der Waals surface area (Å²) in [5.74, 6) is -0.236. The molecule has 0 saturated heterocycles. The van der Waals surface area contributed by atoms with Crippen molar-refractivity contribution in [3.63, 3.8) is 0 Å². The lowest BCUT2D eigenvalue weighted by Crippen LogP contribution is -2.34. The van der Waals surface area contributed by atoms with Crippen LogP contribution in [0.2, 0.25) is 5.02 Å². The second-order valence-corrected chi connectivity index (χ2v) is 5.73. The van der Waals surface area contributed by atoms with Crippen molar-refractivity contribution >= 4 is 11.6 Å². The van der Waals surface area contributed by atoms with Gasteiger partial charge in [-0.05, 0) is 54.2 Å². The van der Waals surface area contributed by atoms with Crippen LogP contribution in [0.1, 0.15) is 23.1 Å². The van der Waals surface area contributed by atoms with E-state index in [4.69, 9.17) is 11.6 Å². The Hall–Kier alpha value is -1.38. The third-order valence-electron chi connectivity index (χ3n) is 3.94. The zero-order valence-corrected chi connectivity index (χ0v) is 12.0. The number of hydrogen-bond donors (Lipinski definition) is 1. The number of halogens is 2. The number of nitrogens with one attached hydrogen (secondary N) is 1. The standard InChI is InChI=1S/C17H17ClFN/c18-17-8-6-15(19)9-14(17)11-20-16-7-5-12-3-1-2-4-13(12)10-16/h1-4,6,8-9,16,20H,5,7,10-11H2. The van der Waals surface area contributed by atoms with E-state index >= 15 is 0 Å². The lowest BCUT2D eigenvalue weighted by molar-refractivity contribution is 0.457. The summed E-state index contributed by atoms with van der Waals surface area (Å²) in [7, 11) is 0. The molecule has 0 heterocycles. The number of fused-ring (bicyclic) bond motifs is 1. The first-order valence-electron chi connectivity index (χ1n) is 6.96. The summed E-state index contributed by atoms with van der Waals surface area (Å²) >= 11 is 6.09. The fourth-order valence-electron chi connectivity index (χ4n) is 2.81. The van der Waals surface area contributed by atoms with Gasteiger partial charge in [0.05, 0.1) is 0 Å². The van der Waals surface area contributed by atoms with Gasteiger partial charge in [0, 0.05) is 17.6 Å². The van der Waals surface area contributed by atoms with Gasteiger partial charge < -0.3 is 5.32 Å². The molecule has 0 aromatic heterocycles. The molecular formula is C17H17ClFN. The molecular weight excluding hydrogens is 273 g/mol. The van der Waals surface area contributed by atoms with Gasteiger partial charge in [0.25, 0.3) is 0 Å². The maximum Gasteiger partial charge on any atom is 0.123 e. The molecule has 0 saturated carbocycles. The Morgan fingerprint density at radius 1 is 1.15 bits per heavy atom. The molecule has 0 amide bonds. The second-order valence-electron chi connectivity index (χ2n) is 5.33. The topological polar surface area (TPSA) is 12.0 Å². The van der Waals surface area contributed by atoms with Crippen molar-refractivity contribution in [3.8, 4) is 0 Å². The molecule has 3 heteroatoms. The minimum absolute atomic E-state index is 0.236. The largest absolute Gasteiger partial charge is 0.310 e. The van der Waals surface area contributed by atoms with E-state index in [2.05, 4.69) is 29.6 Å². The molecule has 1 aliphatic carbocycles. The molecule has 104 valence electrons. The van der Waals surface area contributed by atoms with Crippen LogP contribution in [-0.4, -0.2) is 6.04 Å². The first kappa shape index (κ1) is 13.6. The monoisotopic (exact) mass is 289 g/mol. The Labute approximate surface area is 123 Å². The number of hydrogen-bond acceptors (Lipinski definition) is 1. The van der Waals surface area contributed by atoms with Gasteiger partial charge in [0.1, 0.15) is 5.82 Å². The summed E-state index contributed by atoms with van der Waals surface area (Å²) in [4.78, 5) is 0. The van der Waals surface area contributed by atoms with Crippen LogP contribution in [0, 0.1) is 5.82 Å². The minimum atomic E-state index is -0.236. The summed E-state index contributed by atoms with van der Waals surface area (Å²) in [5, 5.41) is 4.12. The van der Waals surface area contributed by atoms with Crippen molar-refractivity contribution in [1.29, 1.82) is 0 Å². The van der Waals surface area contributed by atoms with Gasteiger partial charge >= 0.3 is 0 Å². The highest BCUT2D eigenvalue weighted by Gasteiger charge is 2.17. The van der Waals surface area contributed by atoms with E-state index in [-0.39, 0.29) is 5.82 Å². The summed E-state index contributed by atoms with van der Waals surface area (Å²) in [6.45, 7) is 0.615. The van der Waals surface area contributed by atoms with Gasteiger partial charge in [0.15, 0.2) is 0 Å². The van der Waals surface area contributed by atoms with E-state index in [1.165, 1.54) is 23.3 Å². The van der Waals surface area contributed by atoms with Crippen LogP contribution in [0.25, 0.3) is 0 Å². The van der Waals surface area contributed by atoms with E-state index in [1.54, 1.807) is 6.07 Å². The van der Waals surface area contributed by atoms with E-state index < -0.39 is 0 Å². The van der Waals surface area contributed by atoms with E-state index in [9.17, 15) is 4.39 Å². The molecule has 0 radical (unpaired) electrons. The van der Waals surface area contributed by atoms with Crippen molar-refractivity contribution in [2.75, 3.05) is 0 Å². The quantitative estimate of drug-likeness (QED) is 0.896. The maximum absolute atomic E-state index is 13.2. The van der Waals surface area contributed by atoms with Crippen LogP contribution in [0.15, 0.2) is 42.5 Å². The van der Waals surface area contributed by atoms with Crippen molar-refractivity contribution in [3.05, 3.63) is 70.0 Å². The van der Waals surface area contributed by atoms with Crippen molar-refractivity contribution in [2.45, 2.75) is 31.8 Å². The van der Waals surface area contributed by atoms with Crippen LogP contribution in [0.5, 0.6) is 0 Å².